The van der Waals surface area contributed by atoms with Crippen LogP contribution >= 0.6 is 22.9 Å². The zero-order chi connectivity index (χ0) is 19.3. The van der Waals surface area contributed by atoms with Crippen LogP contribution in [0.3, 0.4) is 0 Å². The summed E-state index contributed by atoms with van der Waals surface area (Å²) < 4.78 is 34.1. The van der Waals surface area contributed by atoms with Gasteiger partial charge in [0.25, 0.3) is 10.0 Å². The van der Waals surface area contributed by atoms with Crippen molar-refractivity contribution in [3.63, 3.8) is 0 Å². The molecule has 0 bridgehead atoms. The van der Waals surface area contributed by atoms with Gasteiger partial charge in [-0.05, 0) is 25.0 Å². The molecule has 0 N–H and O–H groups in total. The van der Waals surface area contributed by atoms with E-state index in [1.54, 1.807) is 22.6 Å². The molecule has 0 spiro atoms. The topological polar surface area (TPSA) is 75.6 Å². The fourth-order valence-electron chi connectivity index (χ4n) is 3.98. The van der Waals surface area contributed by atoms with Gasteiger partial charge in [0.2, 0.25) is 5.88 Å². The summed E-state index contributed by atoms with van der Waals surface area (Å²) in [6.45, 7) is 2.45. The van der Waals surface area contributed by atoms with Crippen molar-refractivity contribution in [1.29, 1.82) is 0 Å². The van der Waals surface area contributed by atoms with E-state index in [0.29, 0.717) is 40.0 Å². The molecule has 3 aliphatic rings. The highest BCUT2D eigenvalue weighted by Crippen LogP contribution is 2.38. The number of thiophene rings is 1. The number of hydrogen-bond donors (Lipinski definition) is 0. The van der Waals surface area contributed by atoms with Crippen molar-refractivity contribution < 1.29 is 13.2 Å². The Balaban J connectivity index is 1.22. The van der Waals surface area contributed by atoms with Gasteiger partial charge >= 0.3 is 0 Å². The lowest BCUT2D eigenvalue weighted by atomic mass is 10.2. The van der Waals surface area contributed by atoms with Crippen molar-refractivity contribution in [2.24, 2.45) is 0 Å². The number of hydrogen-bond acceptors (Lipinski definition) is 7. The van der Waals surface area contributed by atoms with Crippen LogP contribution in [0.15, 0.2) is 28.7 Å². The van der Waals surface area contributed by atoms with Crippen LogP contribution in [-0.2, 0) is 10.0 Å². The first-order chi connectivity index (χ1) is 13.5. The van der Waals surface area contributed by atoms with Gasteiger partial charge in [0.05, 0.1) is 22.4 Å². The Hall–Kier alpha value is -1.26. The third-order valence-electron chi connectivity index (χ3n) is 5.61. The maximum Gasteiger partial charge on any atom is 0.252 e. The van der Waals surface area contributed by atoms with Crippen LogP contribution in [0, 0.1) is 0 Å². The minimum Gasteiger partial charge on any atom is -0.472 e. The van der Waals surface area contributed by atoms with Crippen molar-refractivity contribution in [3.8, 4) is 5.88 Å². The zero-order valence-corrected chi connectivity index (χ0v) is 17.6. The maximum atomic E-state index is 12.9. The second kappa shape index (κ2) is 7.21. The molecule has 150 valence electrons. The molecule has 1 saturated carbocycles. The summed E-state index contributed by atoms with van der Waals surface area (Å²) in [5, 5.41) is 0. The van der Waals surface area contributed by atoms with E-state index in [1.165, 1.54) is 12.8 Å². The molecule has 0 unspecified atom stereocenters. The quantitative estimate of drug-likeness (QED) is 0.711. The lowest BCUT2D eigenvalue weighted by Gasteiger charge is -2.35. The summed E-state index contributed by atoms with van der Waals surface area (Å²) in [5.41, 5.74) is 1.05. The third-order valence-corrected chi connectivity index (χ3v) is 9.18. The molecular formula is C18H21ClN4O3S2. The molecule has 0 aromatic carbocycles. The maximum absolute atomic E-state index is 12.9. The van der Waals surface area contributed by atoms with Gasteiger partial charge in [-0.15, -0.1) is 11.3 Å². The van der Waals surface area contributed by atoms with Gasteiger partial charge in [-0.25, -0.2) is 13.4 Å². The van der Waals surface area contributed by atoms with E-state index in [9.17, 15) is 8.42 Å². The summed E-state index contributed by atoms with van der Waals surface area (Å²) in [6, 6.07) is 3.37. The molecule has 2 aromatic heterocycles. The Bertz CT molecular complexity index is 961. The second-order valence-corrected chi connectivity index (χ2v) is 11.5. The Morgan fingerprint density at radius 2 is 2.00 bits per heavy atom. The molecule has 5 rings (SSSR count). The van der Waals surface area contributed by atoms with E-state index < -0.39 is 10.0 Å². The standard InChI is InChI=1S/C18H21ClN4O3S2/c19-16-3-4-18(27-16)28(24,25)23-6-5-22-11-14(7-13(22)10-23)26-17-9-20-15(8-21-17)12-1-2-12/h3-4,8-9,12-14H,1-2,5-7,10-11H2/t13-,14-/m0/s1. The van der Waals surface area contributed by atoms with E-state index in [2.05, 4.69) is 14.9 Å². The first-order valence-corrected chi connectivity index (χ1v) is 12.1. The highest BCUT2D eigenvalue weighted by molar-refractivity contribution is 7.91. The third kappa shape index (κ3) is 3.66. The second-order valence-electron chi connectivity index (χ2n) is 7.60. The number of nitrogens with zero attached hydrogens (tertiary/aromatic N) is 4. The van der Waals surface area contributed by atoms with Crippen LogP contribution < -0.4 is 4.74 Å². The Kier molecular flexibility index (Phi) is 4.83. The molecule has 10 heteroatoms. The zero-order valence-electron chi connectivity index (χ0n) is 15.2. The van der Waals surface area contributed by atoms with E-state index in [1.807, 2.05) is 6.20 Å². The summed E-state index contributed by atoms with van der Waals surface area (Å²) in [5.74, 6) is 1.13. The van der Waals surface area contributed by atoms with Crippen molar-refractivity contribution in [2.45, 2.75) is 41.5 Å². The molecule has 2 atom stereocenters. The Morgan fingerprint density at radius 1 is 1.14 bits per heavy atom. The highest BCUT2D eigenvalue weighted by Gasteiger charge is 2.41. The lowest BCUT2D eigenvalue weighted by molar-refractivity contribution is 0.151. The van der Waals surface area contributed by atoms with Crippen molar-refractivity contribution in [2.75, 3.05) is 26.2 Å². The Morgan fingerprint density at radius 3 is 2.68 bits per heavy atom. The van der Waals surface area contributed by atoms with Gasteiger partial charge in [0.15, 0.2) is 0 Å². The van der Waals surface area contributed by atoms with Crippen LogP contribution in [0.5, 0.6) is 5.88 Å². The minimum absolute atomic E-state index is 0.00455. The normalized spacial score (nSPS) is 26.3. The molecule has 2 aromatic rings. The van der Waals surface area contributed by atoms with Gasteiger partial charge in [-0.1, -0.05) is 11.6 Å². The van der Waals surface area contributed by atoms with Crippen LogP contribution in [-0.4, -0.2) is 65.9 Å². The fourth-order valence-corrected chi connectivity index (χ4v) is 7.09. The molecule has 0 amide bonds. The van der Waals surface area contributed by atoms with E-state index in [0.717, 1.165) is 30.0 Å². The minimum atomic E-state index is -3.49. The molecule has 7 nitrogen and oxygen atoms in total. The van der Waals surface area contributed by atoms with Gasteiger partial charge in [0, 0.05) is 44.6 Å². The number of rotatable bonds is 5. The molecule has 2 saturated heterocycles. The molecule has 2 aliphatic heterocycles. The SMILES string of the molecule is O=S(=O)(c1ccc(Cl)s1)N1CCN2C[C@@H](Oc3cnc(C4CC4)cn3)C[C@H]2C1. The molecule has 1 aliphatic carbocycles. The van der Waals surface area contributed by atoms with Gasteiger partial charge < -0.3 is 4.74 Å². The molecule has 0 radical (unpaired) electrons. The smallest absolute Gasteiger partial charge is 0.252 e. The number of ether oxygens (including phenoxy) is 1. The number of sulfonamides is 1. The predicted molar refractivity (Wildman–Crippen MR) is 106 cm³/mol. The molecular weight excluding hydrogens is 420 g/mol. The summed E-state index contributed by atoms with van der Waals surface area (Å²) >= 11 is 7.03. The molecule has 4 heterocycles. The van der Waals surface area contributed by atoms with Crippen LogP contribution in [0.25, 0.3) is 0 Å². The number of halogens is 1. The van der Waals surface area contributed by atoms with Gasteiger partial charge in [-0.2, -0.15) is 4.31 Å². The first kappa shape index (κ1) is 18.7. The van der Waals surface area contributed by atoms with E-state index in [4.69, 9.17) is 16.3 Å². The highest BCUT2D eigenvalue weighted by atomic mass is 35.5. The van der Waals surface area contributed by atoms with Crippen LogP contribution in [0.1, 0.15) is 30.9 Å². The fraction of sp³-hybridized carbons (Fsp3) is 0.556. The monoisotopic (exact) mass is 440 g/mol. The van der Waals surface area contributed by atoms with Crippen LogP contribution in [0.4, 0.5) is 0 Å². The van der Waals surface area contributed by atoms with Crippen molar-refractivity contribution in [3.05, 3.63) is 34.6 Å². The van der Waals surface area contributed by atoms with Crippen molar-refractivity contribution >= 4 is 33.0 Å². The number of aromatic nitrogens is 2. The van der Waals surface area contributed by atoms with Gasteiger partial charge in [-0.3, -0.25) is 9.88 Å². The number of fused-ring (bicyclic) bond motifs is 1. The van der Waals surface area contributed by atoms with E-state index >= 15 is 0 Å². The van der Waals surface area contributed by atoms with E-state index in [-0.39, 0.29) is 12.1 Å². The number of piperazine rings is 1. The average molecular weight is 441 g/mol. The summed E-state index contributed by atoms with van der Waals surface area (Å²) in [4.78, 5) is 11.2. The molecule has 28 heavy (non-hydrogen) atoms. The molecule has 3 fully saturated rings. The van der Waals surface area contributed by atoms with Crippen molar-refractivity contribution in [1.82, 2.24) is 19.2 Å². The Labute approximate surface area is 173 Å². The first-order valence-electron chi connectivity index (χ1n) is 9.47. The summed E-state index contributed by atoms with van der Waals surface area (Å²) in [6.07, 6.45) is 6.71. The lowest BCUT2D eigenvalue weighted by Crippen LogP contribution is -2.51. The van der Waals surface area contributed by atoms with Crippen LogP contribution in [0.2, 0.25) is 4.34 Å². The summed E-state index contributed by atoms with van der Waals surface area (Å²) in [7, 11) is -3.49. The average Bonchev–Trinajstić information content (AvgIpc) is 3.30. The predicted octanol–water partition coefficient (Wildman–Crippen LogP) is 2.60. The largest absolute Gasteiger partial charge is 0.472 e. The van der Waals surface area contributed by atoms with Gasteiger partial charge in [0.1, 0.15) is 10.3 Å².